The SMILES string of the molecule is [CH2-]CCCC.[CH3-].[Li+]. The molecule has 0 atom stereocenters. The van der Waals surface area contributed by atoms with Gasteiger partial charge in [0, 0.05) is 0 Å². The topological polar surface area (TPSA) is 0 Å². The molecule has 0 radical (unpaired) electrons. The minimum Gasteiger partial charge on any atom is -0.358 e. The van der Waals surface area contributed by atoms with Crippen LogP contribution in [0.25, 0.3) is 0 Å². The minimum atomic E-state index is 0. The Balaban J connectivity index is -0.0000000800. The summed E-state index contributed by atoms with van der Waals surface area (Å²) in [6.07, 6.45) is 3.65. The molecule has 0 fully saturated rings. The molecular weight excluding hydrogens is 79.0 g/mol. The van der Waals surface area contributed by atoms with Gasteiger partial charge in [-0.3, -0.25) is 0 Å². The third-order valence-corrected chi connectivity index (χ3v) is 0.604. The fourth-order valence-electron chi connectivity index (χ4n) is 0.250. The van der Waals surface area contributed by atoms with E-state index in [-0.39, 0.29) is 26.3 Å². The normalized spacial score (nSPS) is 6.00. The fraction of sp³-hybridized carbons (Fsp3) is 0.667. The molecule has 0 rings (SSSR count). The van der Waals surface area contributed by atoms with Crippen LogP contribution in [0.5, 0.6) is 0 Å². The van der Waals surface area contributed by atoms with Crippen molar-refractivity contribution in [3.63, 3.8) is 0 Å². The number of hydrogen-bond donors (Lipinski definition) is 0. The van der Waals surface area contributed by atoms with Crippen LogP contribution in [0.15, 0.2) is 0 Å². The number of rotatable bonds is 2. The van der Waals surface area contributed by atoms with Gasteiger partial charge < -0.3 is 14.4 Å². The van der Waals surface area contributed by atoms with Crippen molar-refractivity contribution in [1.82, 2.24) is 0 Å². The van der Waals surface area contributed by atoms with Crippen LogP contribution in [0.3, 0.4) is 0 Å². The van der Waals surface area contributed by atoms with Crippen molar-refractivity contribution in [2.24, 2.45) is 0 Å². The van der Waals surface area contributed by atoms with Gasteiger partial charge in [-0.05, 0) is 0 Å². The zero-order valence-electron chi connectivity index (χ0n) is 5.83. The molecule has 40 valence electrons. The average Bonchev–Trinajstić information content (AvgIpc) is 1.41. The molecule has 0 bridgehead atoms. The van der Waals surface area contributed by atoms with Crippen molar-refractivity contribution in [1.29, 1.82) is 0 Å². The summed E-state index contributed by atoms with van der Waals surface area (Å²) >= 11 is 0. The second kappa shape index (κ2) is 16.0. The molecule has 0 aliphatic heterocycles. The van der Waals surface area contributed by atoms with Gasteiger partial charge in [0.1, 0.15) is 0 Å². The molecule has 0 aliphatic carbocycles. The molecule has 0 unspecified atom stereocenters. The van der Waals surface area contributed by atoms with E-state index >= 15 is 0 Å². The summed E-state index contributed by atoms with van der Waals surface area (Å²) in [7, 11) is 0. The molecule has 0 amide bonds. The van der Waals surface area contributed by atoms with E-state index in [9.17, 15) is 0 Å². The summed E-state index contributed by atoms with van der Waals surface area (Å²) in [5.74, 6) is 0. The standard InChI is InChI=1S/C5H11.CH3.Li/c1-3-5-4-2;;/h1,3-5H2,2H3;1H3;/q2*-1;+1. The molecule has 0 heterocycles. The molecule has 0 aliphatic rings. The van der Waals surface area contributed by atoms with E-state index in [0.717, 1.165) is 6.42 Å². The number of unbranched alkanes of at least 4 members (excludes halogenated alkanes) is 2. The molecule has 0 saturated carbocycles. The van der Waals surface area contributed by atoms with E-state index in [0.29, 0.717) is 0 Å². The predicted molar refractivity (Wildman–Crippen MR) is 31.3 cm³/mol. The third kappa shape index (κ3) is 20.7. The van der Waals surface area contributed by atoms with Gasteiger partial charge in [0.25, 0.3) is 0 Å². The van der Waals surface area contributed by atoms with E-state index in [1.54, 1.807) is 0 Å². The van der Waals surface area contributed by atoms with Gasteiger partial charge in [-0.15, -0.1) is 0 Å². The van der Waals surface area contributed by atoms with E-state index in [1.807, 2.05) is 0 Å². The van der Waals surface area contributed by atoms with Crippen molar-refractivity contribution in [3.8, 4) is 0 Å². The van der Waals surface area contributed by atoms with Crippen LogP contribution in [0, 0.1) is 14.4 Å². The van der Waals surface area contributed by atoms with Crippen molar-refractivity contribution < 1.29 is 18.9 Å². The van der Waals surface area contributed by atoms with Gasteiger partial charge in [-0.2, -0.15) is 6.42 Å². The third-order valence-electron chi connectivity index (χ3n) is 0.604. The predicted octanol–water partition coefficient (Wildman–Crippen LogP) is -0.535. The van der Waals surface area contributed by atoms with Crippen molar-refractivity contribution in [3.05, 3.63) is 14.4 Å². The molecule has 0 aromatic rings. The smallest absolute Gasteiger partial charge is 0.358 e. The van der Waals surface area contributed by atoms with Gasteiger partial charge in [-0.1, -0.05) is 19.8 Å². The zero-order valence-corrected chi connectivity index (χ0v) is 5.83. The van der Waals surface area contributed by atoms with Crippen LogP contribution in [-0.2, 0) is 0 Å². The summed E-state index contributed by atoms with van der Waals surface area (Å²) in [6.45, 7) is 5.85. The number of hydrogen-bond acceptors (Lipinski definition) is 0. The Bertz CT molecular complexity index is 11.7. The molecular formula is C6H14Li-. The largest absolute Gasteiger partial charge is 1.00 e. The molecule has 0 saturated heterocycles. The van der Waals surface area contributed by atoms with Crippen LogP contribution < -0.4 is 18.9 Å². The molecule has 7 heavy (non-hydrogen) atoms. The van der Waals surface area contributed by atoms with E-state index in [1.165, 1.54) is 12.8 Å². The Morgan fingerprint density at radius 3 is 1.86 bits per heavy atom. The first-order chi connectivity index (χ1) is 2.41. The summed E-state index contributed by atoms with van der Waals surface area (Å²) in [5.41, 5.74) is 0. The van der Waals surface area contributed by atoms with Gasteiger partial charge in [0.05, 0.1) is 0 Å². The molecule has 0 aromatic carbocycles. The average molecular weight is 93.1 g/mol. The maximum Gasteiger partial charge on any atom is 1.00 e. The first-order valence-electron chi connectivity index (χ1n) is 2.21. The van der Waals surface area contributed by atoms with Gasteiger partial charge in [0.15, 0.2) is 0 Å². The molecule has 0 N–H and O–H groups in total. The van der Waals surface area contributed by atoms with Gasteiger partial charge >= 0.3 is 18.9 Å². The maximum absolute atomic E-state index is 3.68. The minimum absolute atomic E-state index is 0. The van der Waals surface area contributed by atoms with Crippen molar-refractivity contribution in [2.45, 2.75) is 26.2 Å². The summed E-state index contributed by atoms with van der Waals surface area (Å²) in [4.78, 5) is 0. The van der Waals surface area contributed by atoms with Gasteiger partial charge in [0.2, 0.25) is 0 Å². The molecule has 0 spiro atoms. The molecule has 0 aromatic heterocycles. The Morgan fingerprint density at radius 2 is 1.86 bits per heavy atom. The summed E-state index contributed by atoms with van der Waals surface area (Å²) in [6, 6.07) is 0. The van der Waals surface area contributed by atoms with Crippen LogP contribution in [0.2, 0.25) is 0 Å². The second-order valence-electron chi connectivity index (χ2n) is 1.21. The first-order valence-corrected chi connectivity index (χ1v) is 2.21. The summed E-state index contributed by atoms with van der Waals surface area (Å²) < 4.78 is 0. The quantitative estimate of drug-likeness (QED) is 0.318. The fourth-order valence-corrected chi connectivity index (χ4v) is 0.250. The van der Waals surface area contributed by atoms with Crippen LogP contribution in [0.1, 0.15) is 26.2 Å². The Labute approximate surface area is 59.9 Å². The van der Waals surface area contributed by atoms with Crippen molar-refractivity contribution >= 4 is 0 Å². The molecule has 1 heteroatoms. The van der Waals surface area contributed by atoms with Crippen molar-refractivity contribution in [2.75, 3.05) is 0 Å². The van der Waals surface area contributed by atoms with Crippen LogP contribution >= 0.6 is 0 Å². The maximum atomic E-state index is 3.68. The Hall–Kier alpha value is 0.597. The second-order valence-corrected chi connectivity index (χ2v) is 1.21. The zero-order chi connectivity index (χ0) is 4.12. The Kier molecular flexibility index (Phi) is 35.7. The molecule has 0 nitrogen and oxygen atoms in total. The Morgan fingerprint density at radius 1 is 1.43 bits per heavy atom. The van der Waals surface area contributed by atoms with Crippen LogP contribution in [-0.4, -0.2) is 0 Å². The van der Waals surface area contributed by atoms with E-state index < -0.39 is 0 Å². The van der Waals surface area contributed by atoms with Gasteiger partial charge in [-0.25, -0.2) is 0 Å². The van der Waals surface area contributed by atoms with E-state index in [4.69, 9.17) is 0 Å². The van der Waals surface area contributed by atoms with Crippen LogP contribution in [0.4, 0.5) is 0 Å². The first kappa shape index (κ1) is 15.6. The summed E-state index contributed by atoms with van der Waals surface area (Å²) in [5, 5.41) is 0. The van der Waals surface area contributed by atoms with E-state index in [2.05, 4.69) is 13.8 Å². The monoisotopic (exact) mass is 93.1 g/mol.